The van der Waals surface area contributed by atoms with Gasteiger partial charge < -0.3 is 10.2 Å². The number of rotatable bonds is 4. The zero-order valence-electron chi connectivity index (χ0n) is 13.5. The SMILES string of the molecule is CC(C)(C)c1ccc(NCCC(=O)N2CCCCC2)nc1. The third kappa shape index (κ3) is 4.73. The van der Waals surface area contributed by atoms with Crippen LogP contribution in [0.3, 0.4) is 0 Å². The minimum atomic E-state index is 0.121. The van der Waals surface area contributed by atoms with Crippen molar-refractivity contribution in [2.24, 2.45) is 0 Å². The van der Waals surface area contributed by atoms with Crippen molar-refractivity contribution in [2.45, 2.75) is 51.9 Å². The number of carbonyl (C=O) groups excluding carboxylic acids is 1. The van der Waals surface area contributed by atoms with Gasteiger partial charge in [0.25, 0.3) is 0 Å². The number of pyridine rings is 1. The first-order valence-electron chi connectivity index (χ1n) is 7.95. The average molecular weight is 289 g/mol. The van der Waals surface area contributed by atoms with Crippen molar-refractivity contribution in [1.29, 1.82) is 0 Å². The quantitative estimate of drug-likeness (QED) is 0.926. The summed E-state index contributed by atoms with van der Waals surface area (Å²) < 4.78 is 0. The van der Waals surface area contributed by atoms with Crippen molar-refractivity contribution in [3.63, 3.8) is 0 Å². The van der Waals surface area contributed by atoms with Crippen molar-refractivity contribution in [3.05, 3.63) is 23.9 Å². The number of nitrogens with one attached hydrogen (secondary N) is 1. The van der Waals surface area contributed by atoms with Crippen LogP contribution >= 0.6 is 0 Å². The van der Waals surface area contributed by atoms with Gasteiger partial charge in [0.15, 0.2) is 0 Å². The maximum Gasteiger partial charge on any atom is 0.224 e. The van der Waals surface area contributed by atoms with E-state index in [9.17, 15) is 4.79 Å². The number of nitrogens with zero attached hydrogens (tertiary/aromatic N) is 2. The van der Waals surface area contributed by atoms with Crippen LogP contribution in [0, 0.1) is 0 Å². The first-order chi connectivity index (χ1) is 9.97. The highest BCUT2D eigenvalue weighted by Crippen LogP contribution is 2.21. The molecule has 2 rings (SSSR count). The second-order valence-electron chi connectivity index (χ2n) is 6.80. The zero-order chi connectivity index (χ0) is 15.3. The number of amides is 1. The van der Waals surface area contributed by atoms with E-state index >= 15 is 0 Å². The number of aromatic nitrogens is 1. The lowest BCUT2D eigenvalue weighted by Gasteiger charge is -2.26. The van der Waals surface area contributed by atoms with Gasteiger partial charge in [-0.1, -0.05) is 26.8 Å². The highest BCUT2D eigenvalue weighted by Gasteiger charge is 2.16. The van der Waals surface area contributed by atoms with E-state index in [1.165, 1.54) is 12.0 Å². The predicted molar refractivity (Wildman–Crippen MR) is 86.5 cm³/mol. The summed E-state index contributed by atoms with van der Waals surface area (Å²) in [5, 5.41) is 3.23. The Hall–Kier alpha value is -1.58. The lowest BCUT2D eigenvalue weighted by atomic mass is 9.88. The van der Waals surface area contributed by atoms with E-state index in [0.29, 0.717) is 13.0 Å². The summed E-state index contributed by atoms with van der Waals surface area (Å²) >= 11 is 0. The third-order valence-corrected chi connectivity index (χ3v) is 3.98. The summed E-state index contributed by atoms with van der Waals surface area (Å²) in [6.45, 7) is 9.03. The average Bonchev–Trinajstić information content (AvgIpc) is 2.47. The van der Waals surface area contributed by atoms with Gasteiger partial charge in [0.1, 0.15) is 5.82 Å². The number of hydrogen-bond donors (Lipinski definition) is 1. The molecule has 1 amide bonds. The second-order valence-corrected chi connectivity index (χ2v) is 6.80. The molecule has 1 aromatic heterocycles. The minimum absolute atomic E-state index is 0.121. The first-order valence-corrected chi connectivity index (χ1v) is 7.95. The molecule has 0 aromatic carbocycles. The fourth-order valence-electron chi connectivity index (χ4n) is 2.54. The summed E-state index contributed by atoms with van der Waals surface area (Å²) in [4.78, 5) is 18.4. The van der Waals surface area contributed by atoms with Gasteiger partial charge in [-0.2, -0.15) is 0 Å². The van der Waals surface area contributed by atoms with Gasteiger partial charge in [0, 0.05) is 32.3 Å². The van der Waals surface area contributed by atoms with E-state index in [0.717, 1.165) is 31.7 Å². The highest BCUT2D eigenvalue weighted by atomic mass is 16.2. The molecule has 0 spiro atoms. The van der Waals surface area contributed by atoms with Gasteiger partial charge >= 0.3 is 0 Å². The smallest absolute Gasteiger partial charge is 0.224 e. The Morgan fingerprint density at radius 1 is 1.24 bits per heavy atom. The Morgan fingerprint density at radius 3 is 2.52 bits per heavy atom. The third-order valence-electron chi connectivity index (χ3n) is 3.98. The molecule has 2 heterocycles. The summed E-state index contributed by atoms with van der Waals surface area (Å²) in [6.07, 6.45) is 6.01. The van der Waals surface area contributed by atoms with Gasteiger partial charge in [-0.25, -0.2) is 4.98 Å². The molecule has 0 radical (unpaired) electrons. The van der Waals surface area contributed by atoms with E-state index in [1.807, 2.05) is 17.2 Å². The minimum Gasteiger partial charge on any atom is -0.370 e. The molecular formula is C17H27N3O. The largest absolute Gasteiger partial charge is 0.370 e. The Bertz CT molecular complexity index is 456. The molecule has 1 aliphatic rings. The number of anilines is 1. The molecule has 0 bridgehead atoms. The Morgan fingerprint density at radius 2 is 1.95 bits per heavy atom. The molecule has 0 atom stereocenters. The maximum absolute atomic E-state index is 12.0. The molecule has 4 heteroatoms. The van der Waals surface area contributed by atoms with Crippen LogP contribution in [-0.2, 0) is 10.2 Å². The highest BCUT2D eigenvalue weighted by molar-refractivity contribution is 5.76. The molecule has 1 saturated heterocycles. The standard InChI is InChI=1S/C17H27N3O/c1-17(2,3)14-7-8-15(19-13-14)18-10-9-16(21)20-11-5-4-6-12-20/h7-8,13H,4-6,9-12H2,1-3H3,(H,18,19). The van der Waals surface area contributed by atoms with Crippen LogP contribution < -0.4 is 5.32 Å². The van der Waals surface area contributed by atoms with Crippen molar-refractivity contribution in [1.82, 2.24) is 9.88 Å². The normalized spacial score (nSPS) is 15.9. The molecule has 1 aliphatic heterocycles. The molecule has 0 unspecified atom stereocenters. The van der Waals surface area contributed by atoms with Crippen molar-refractivity contribution >= 4 is 11.7 Å². The van der Waals surface area contributed by atoms with E-state index < -0.39 is 0 Å². The summed E-state index contributed by atoms with van der Waals surface area (Å²) in [6, 6.07) is 4.09. The van der Waals surface area contributed by atoms with Crippen molar-refractivity contribution in [2.75, 3.05) is 25.0 Å². The topological polar surface area (TPSA) is 45.2 Å². The molecule has 1 fully saturated rings. The molecule has 1 N–H and O–H groups in total. The van der Waals surface area contributed by atoms with Crippen LogP contribution in [-0.4, -0.2) is 35.4 Å². The van der Waals surface area contributed by atoms with Crippen LogP contribution in [0.1, 0.15) is 52.0 Å². The van der Waals surface area contributed by atoms with Crippen LogP contribution in [0.25, 0.3) is 0 Å². The van der Waals surface area contributed by atoms with Gasteiger partial charge in [0.05, 0.1) is 0 Å². The molecule has 116 valence electrons. The first kappa shape index (κ1) is 15.8. The summed E-state index contributed by atoms with van der Waals surface area (Å²) in [7, 11) is 0. The lowest BCUT2D eigenvalue weighted by molar-refractivity contribution is -0.131. The van der Waals surface area contributed by atoms with Crippen LogP contribution in [0.15, 0.2) is 18.3 Å². The molecule has 21 heavy (non-hydrogen) atoms. The van der Waals surface area contributed by atoms with Gasteiger partial charge in [-0.3, -0.25) is 4.79 Å². The van der Waals surface area contributed by atoms with Crippen molar-refractivity contribution < 1.29 is 4.79 Å². The number of carbonyl (C=O) groups is 1. The monoisotopic (exact) mass is 289 g/mol. The van der Waals surface area contributed by atoms with E-state index in [4.69, 9.17) is 0 Å². The molecule has 0 saturated carbocycles. The molecular weight excluding hydrogens is 262 g/mol. The van der Waals surface area contributed by atoms with Crippen molar-refractivity contribution in [3.8, 4) is 0 Å². The molecule has 4 nitrogen and oxygen atoms in total. The van der Waals surface area contributed by atoms with Crippen LogP contribution in [0.4, 0.5) is 5.82 Å². The summed E-state index contributed by atoms with van der Waals surface area (Å²) in [5.41, 5.74) is 1.34. The van der Waals surface area contributed by atoms with E-state index in [-0.39, 0.29) is 11.3 Å². The fourth-order valence-corrected chi connectivity index (χ4v) is 2.54. The number of likely N-dealkylation sites (tertiary alicyclic amines) is 1. The Balaban J connectivity index is 1.76. The summed E-state index contributed by atoms with van der Waals surface area (Å²) in [5.74, 6) is 1.10. The van der Waals surface area contributed by atoms with E-state index in [2.05, 4.69) is 37.1 Å². The Labute approximate surface area is 127 Å². The van der Waals surface area contributed by atoms with Gasteiger partial charge in [-0.05, 0) is 36.3 Å². The van der Waals surface area contributed by atoms with Gasteiger partial charge in [0.2, 0.25) is 5.91 Å². The molecule has 0 aliphatic carbocycles. The number of piperidine rings is 1. The van der Waals surface area contributed by atoms with Crippen LogP contribution in [0.2, 0.25) is 0 Å². The maximum atomic E-state index is 12.0. The van der Waals surface area contributed by atoms with E-state index in [1.54, 1.807) is 0 Å². The molecule has 1 aromatic rings. The fraction of sp³-hybridized carbons (Fsp3) is 0.647. The zero-order valence-corrected chi connectivity index (χ0v) is 13.5. The lowest BCUT2D eigenvalue weighted by Crippen LogP contribution is -2.36. The van der Waals surface area contributed by atoms with Gasteiger partial charge in [-0.15, -0.1) is 0 Å². The number of hydrogen-bond acceptors (Lipinski definition) is 3. The van der Waals surface area contributed by atoms with Crippen LogP contribution in [0.5, 0.6) is 0 Å². The second kappa shape index (κ2) is 6.92. The predicted octanol–water partition coefficient (Wildman–Crippen LogP) is 3.19. The Kier molecular flexibility index (Phi) is 5.21.